The number of aryl methyl sites for hydroxylation is 2. The van der Waals surface area contributed by atoms with Crippen LogP contribution in [-0.4, -0.2) is 10.6 Å². The fourth-order valence-electron chi connectivity index (χ4n) is 1.94. The van der Waals surface area contributed by atoms with Gasteiger partial charge in [-0.2, -0.15) is 0 Å². The molecule has 0 aromatic heterocycles. The number of nitro groups is 1. The molecule has 2 aromatic rings. The van der Waals surface area contributed by atoms with Crippen molar-refractivity contribution in [3.05, 3.63) is 74.8 Å². The van der Waals surface area contributed by atoms with Crippen LogP contribution in [0.15, 0.2) is 47.6 Å². The summed E-state index contributed by atoms with van der Waals surface area (Å²) in [5, 5.41) is 14.7. The van der Waals surface area contributed by atoms with E-state index < -0.39 is 4.92 Å². The van der Waals surface area contributed by atoms with Gasteiger partial charge in [0, 0.05) is 12.1 Å². The van der Waals surface area contributed by atoms with E-state index in [2.05, 4.69) is 31.1 Å². The summed E-state index contributed by atoms with van der Waals surface area (Å²) in [6.07, 6.45) is 0. The molecule has 5 nitrogen and oxygen atoms in total. The van der Waals surface area contributed by atoms with Gasteiger partial charge in [-0.05, 0) is 61.2 Å². The van der Waals surface area contributed by atoms with Crippen LogP contribution in [0.4, 0.5) is 5.69 Å². The van der Waals surface area contributed by atoms with E-state index in [0.29, 0.717) is 0 Å². The molecule has 0 saturated heterocycles. The van der Waals surface area contributed by atoms with Crippen LogP contribution in [0.25, 0.3) is 0 Å². The number of nitrogens with zero attached hydrogens (tertiary/aromatic N) is 2. The van der Waals surface area contributed by atoms with Crippen LogP contribution in [-0.2, 0) is 11.4 Å². The summed E-state index contributed by atoms with van der Waals surface area (Å²) in [6.45, 7) is 6.29. The van der Waals surface area contributed by atoms with E-state index in [9.17, 15) is 10.1 Å². The summed E-state index contributed by atoms with van der Waals surface area (Å²) < 4.78 is 0. The highest BCUT2D eigenvalue weighted by molar-refractivity contribution is 5.98. The summed E-state index contributed by atoms with van der Waals surface area (Å²) in [4.78, 5) is 15.5. The van der Waals surface area contributed by atoms with Crippen molar-refractivity contribution in [2.24, 2.45) is 5.16 Å². The van der Waals surface area contributed by atoms with E-state index in [1.165, 1.54) is 23.3 Å². The smallest absolute Gasteiger partial charge is 0.269 e. The van der Waals surface area contributed by atoms with Gasteiger partial charge in [0.25, 0.3) is 5.69 Å². The molecular formula is C17H18N2O3. The second kappa shape index (κ2) is 6.85. The standard InChI is InChI=1S/C17H18N2O3/c1-12-4-7-16(10-13(12)2)14(3)18-22-11-15-5-8-17(9-6-15)19(20)21/h4-10H,11H2,1-3H3/b18-14+. The first-order valence-electron chi connectivity index (χ1n) is 6.95. The maximum absolute atomic E-state index is 10.6. The van der Waals surface area contributed by atoms with E-state index in [1.807, 2.05) is 13.0 Å². The first-order valence-corrected chi connectivity index (χ1v) is 6.95. The lowest BCUT2D eigenvalue weighted by atomic mass is 10.0. The second-order valence-corrected chi connectivity index (χ2v) is 5.17. The second-order valence-electron chi connectivity index (χ2n) is 5.17. The third-order valence-electron chi connectivity index (χ3n) is 3.50. The Labute approximate surface area is 129 Å². The van der Waals surface area contributed by atoms with Gasteiger partial charge in [-0.15, -0.1) is 0 Å². The van der Waals surface area contributed by atoms with E-state index in [1.54, 1.807) is 12.1 Å². The summed E-state index contributed by atoms with van der Waals surface area (Å²) in [5.41, 5.74) is 5.17. The Balaban J connectivity index is 1.99. The molecule has 0 radical (unpaired) electrons. The van der Waals surface area contributed by atoms with E-state index in [0.717, 1.165) is 16.8 Å². The van der Waals surface area contributed by atoms with Gasteiger partial charge in [0.05, 0.1) is 10.6 Å². The Hall–Kier alpha value is -2.69. The van der Waals surface area contributed by atoms with Gasteiger partial charge < -0.3 is 4.84 Å². The summed E-state index contributed by atoms with van der Waals surface area (Å²) in [6, 6.07) is 12.4. The molecule has 2 aromatic carbocycles. The van der Waals surface area contributed by atoms with Crippen molar-refractivity contribution in [1.29, 1.82) is 0 Å². The molecule has 0 bridgehead atoms. The highest BCUT2D eigenvalue weighted by Crippen LogP contribution is 2.13. The molecule has 0 aliphatic rings. The van der Waals surface area contributed by atoms with Gasteiger partial charge in [0.2, 0.25) is 0 Å². The molecular weight excluding hydrogens is 280 g/mol. The van der Waals surface area contributed by atoms with Gasteiger partial charge in [-0.1, -0.05) is 17.3 Å². The molecule has 0 unspecified atom stereocenters. The largest absolute Gasteiger partial charge is 0.391 e. The van der Waals surface area contributed by atoms with E-state index >= 15 is 0 Å². The van der Waals surface area contributed by atoms with Crippen LogP contribution >= 0.6 is 0 Å². The first kappa shape index (κ1) is 15.7. The van der Waals surface area contributed by atoms with Crippen LogP contribution in [0, 0.1) is 24.0 Å². The Morgan fingerprint density at radius 2 is 1.82 bits per heavy atom. The zero-order valence-electron chi connectivity index (χ0n) is 12.9. The lowest BCUT2D eigenvalue weighted by Gasteiger charge is -2.05. The van der Waals surface area contributed by atoms with Gasteiger partial charge in [0.15, 0.2) is 0 Å². The normalized spacial score (nSPS) is 11.3. The van der Waals surface area contributed by atoms with Crippen molar-refractivity contribution in [3.8, 4) is 0 Å². The van der Waals surface area contributed by atoms with Crippen molar-refractivity contribution in [1.82, 2.24) is 0 Å². The minimum atomic E-state index is -0.424. The molecule has 22 heavy (non-hydrogen) atoms. The SMILES string of the molecule is C/C(=N\OCc1ccc([N+](=O)[O-])cc1)c1ccc(C)c(C)c1. The molecule has 2 rings (SSSR count). The number of benzene rings is 2. The minimum absolute atomic E-state index is 0.0681. The van der Waals surface area contributed by atoms with Gasteiger partial charge in [-0.3, -0.25) is 10.1 Å². The molecule has 0 fully saturated rings. The molecule has 0 atom stereocenters. The molecule has 0 amide bonds. The monoisotopic (exact) mass is 298 g/mol. The van der Waals surface area contributed by atoms with Crippen LogP contribution in [0.5, 0.6) is 0 Å². The predicted molar refractivity (Wildman–Crippen MR) is 86.0 cm³/mol. The quantitative estimate of drug-likeness (QED) is 0.473. The number of hydrogen-bond acceptors (Lipinski definition) is 4. The topological polar surface area (TPSA) is 64.7 Å². The number of oxime groups is 1. The van der Waals surface area contributed by atoms with Gasteiger partial charge in [-0.25, -0.2) is 0 Å². The number of non-ortho nitro benzene ring substituents is 1. The molecule has 0 spiro atoms. The molecule has 0 aliphatic carbocycles. The molecule has 114 valence electrons. The van der Waals surface area contributed by atoms with E-state index in [-0.39, 0.29) is 12.3 Å². The average Bonchev–Trinajstić information content (AvgIpc) is 2.50. The number of hydrogen-bond donors (Lipinski definition) is 0. The number of nitro benzene ring substituents is 1. The van der Waals surface area contributed by atoms with Gasteiger partial charge >= 0.3 is 0 Å². The lowest BCUT2D eigenvalue weighted by molar-refractivity contribution is -0.384. The predicted octanol–water partition coefficient (Wildman–Crippen LogP) is 4.15. The van der Waals surface area contributed by atoms with Gasteiger partial charge in [0.1, 0.15) is 6.61 Å². The third-order valence-corrected chi connectivity index (χ3v) is 3.50. The van der Waals surface area contributed by atoms with Crippen molar-refractivity contribution >= 4 is 11.4 Å². The van der Waals surface area contributed by atoms with Crippen LogP contribution in [0.2, 0.25) is 0 Å². The fourth-order valence-corrected chi connectivity index (χ4v) is 1.94. The maximum Gasteiger partial charge on any atom is 0.269 e. The van der Waals surface area contributed by atoms with Crippen LogP contribution in [0.1, 0.15) is 29.2 Å². The highest BCUT2D eigenvalue weighted by atomic mass is 16.6. The summed E-state index contributed by atoms with van der Waals surface area (Å²) >= 11 is 0. The molecule has 5 heteroatoms. The Morgan fingerprint density at radius 3 is 2.41 bits per heavy atom. The zero-order chi connectivity index (χ0) is 16.1. The van der Waals surface area contributed by atoms with Crippen molar-refractivity contribution in [3.63, 3.8) is 0 Å². The summed E-state index contributed by atoms with van der Waals surface area (Å²) in [7, 11) is 0. The summed E-state index contributed by atoms with van der Waals surface area (Å²) in [5.74, 6) is 0. The fraction of sp³-hybridized carbons (Fsp3) is 0.235. The average molecular weight is 298 g/mol. The molecule has 0 saturated carbocycles. The first-order chi connectivity index (χ1) is 10.5. The minimum Gasteiger partial charge on any atom is -0.391 e. The van der Waals surface area contributed by atoms with Crippen molar-refractivity contribution in [2.75, 3.05) is 0 Å². The Kier molecular flexibility index (Phi) is 4.88. The van der Waals surface area contributed by atoms with Crippen molar-refractivity contribution in [2.45, 2.75) is 27.4 Å². The maximum atomic E-state index is 10.6. The molecule has 0 N–H and O–H groups in total. The van der Waals surface area contributed by atoms with Crippen LogP contribution < -0.4 is 0 Å². The zero-order valence-corrected chi connectivity index (χ0v) is 12.9. The molecule has 0 aliphatic heterocycles. The van der Waals surface area contributed by atoms with Crippen molar-refractivity contribution < 1.29 is 9.76 Å². The van der Waals surface area contributed by atoms with Crippen LogP contribution in [0.3, 0.4) is 0 Å². The Morgan fingerprint density at radius 1 is 1.14 bits per heavy atom. The highest BCUT2D eigenvalue weighted by Gasteiger charge is 2.04. The van der Waals surface area contributed by atoms with E-state index in [4.69, 9.17) is 4.84 Å². The molecule has 0 heterocycles. The number of rotatable bonds is 5. The lowest BCUT2D eigenvalue weighted by Crippen LogP contribution is -1.98. The Bertz CT molecular complexity index is 706. The third kappa shape index (κ3) is 3.91.